The number of carbonyl (C=O) groups is 1. The van der Waals surface area contributed by atoms with Gasteiger partial charge in [-0.15, -0.1) is 0 Å². The Bertz CT molecular complexity index is 1320. The fourth-order valence-electron chi connectivity index (χ4n) is 4.77. The van der Waals surface area contributed by atoms with Crippen LogP contribution >= 0.6 is 0 Å². The molecule has 1 aliphatic rings. The van der Waals surface area contributed by atoms with Crippen molar-refractivity contribution in [1.82, 2.24) is 20.2 Å². The van der Waals surface area contributed by atoms with E-state index in [0.29, 0.717) is 36.2 Å². The molecule has 1 saturated carbocycles. The van der Waals surface area contributed by atoms with Crippen molar-refractivity contribution in [2.45, 2.75) is 44.7 Å². The fourth-order valence-corrected chi connectivity index (χ4v) is 4.77. The summed E-state index contributed by atoms with van der Waals surface area (Å²) in [5.74, 6) is 0.621. The van der Waals surface area contributed by atoms with Gasteiger partial charge in [0, 0.05) is 41.3 Å². The molecule has 8 nitrogen and oxygen atoms in total. The van der Waals surface area contributed by atoms with E-state index in [1.807, 2.05) is 37.3 Å². The molecule has 4 rings (SSSR count). The highest BCUT2D eigenvalue weighted by atomic mass is 16.5. The average molecular weight is 499 g/mol. The van der Waals surface area contributed by atoms with Crippen LogP contribution in [0.3, 0.4) is 0 Å². The summed E-state index contributed by atoms with van der Waals surface area (Å²) < 4.78 is 5.84. The highest BCUT2D eigenvalue weighted by molar-refractivity contribution is 5.99. The lowest BCUT2D eigenvalue weighted by molar-refractivity contribution is 0.0905. The summed E-state index contributed by atoms with van der Waals surface area (Å²) in [6, 6.07) is 14.5. The minimum atomic E-state index is -0.244. The van der Waals surface area contributed by atoms with Gasteiger partial charge in [-0.2, -0.15) is 5.26 Å². The smallest absolute Gasteiger partial charge is 0.289 e. The second kappa shape index (κ2) is 11.8. The molecular formula is C29H34N6O2. The molecule has 1 aliphatic carbocycles. The van der Waals surface area contributed by atoms with Crippen LogP contribution in [0.1, 0.15) is 43.2 Å². The topological polar surface area (TPSA) is 103 Å². The highest BCUT2D eigenvalue weighted by Gasteiger charge is 2.24. The Balaban J connectivity index is 1.58. The average Bonchev–Trinajstić information content (AvgIpc) is 2.92. The molecule has 0 atom stereocenters. The van der Waals surface area contributed by atoms with Gasteiger partial charge in [0.25, 0.3) is 5.91 Å². The van der Waals surface area contributed by atoms with E-state index in [4.69, 9.17) is 10.00 Å². The number of amides is 1. The lowest BCUT2D eigenvalue weighted by Crippen LogP contribution is -2.42. The summed E-state index contributed by atoms with van der Waals surface area (Å²) in [7, 11) is 4.21. The molecule has 2 aromatic carbocycles. The predicted molar refractivity (Wildman–Crippen MR) is 147 cm³/mol. The minimum Gasteiger partial charge on any atom is -0.492 e. The second-order valence-corrected chi connectivity index (χ2v) is 9.58. The maximum absolute atomic E-state index is 13.0. The monoisotopic (exact) mass is 498 g/mol. The van der Waals surface area contributed by atoms with Gasteiger partial charge in [-0.25, -0.2) is 9.97 Å². The van der Waals surface area contributed by atoms with Gasteiger partial charge in [0.15, 0.2) is 0 Å². The first-order valence-corrected chi connectivity index (χ1v) is 12.7. The molecule has 1 heterocycles. The maximum Gasteiger partial charge on any atom is 0.289 e. The summed E-state index contributed by atoms with van der Waals surface area (Å²) in [6.07, 6.45) is 5.66. The Morgan fingerprint density at radius 3 is 2.65 bits per heavy atom. The molecule has 0 aliphatic heterocycles. The third-order valence-electron chi connectivity index (χ3n) is 6.84. The number of ether oxygens (including phenoxy) is 1. The summed E-state index contributed by atoms with van der Waals surface area (Å²) in [6.45, 7) is 6.53. The van der Waals surface area contributed by atoms with Crippen LogP contribution in [0, 0.1) is 11.3 Å². The second-order valence-electron chi connectivity index (χ2n) is 9.58. The van der Waals surface area contributed by atoms with Crippen LogP contribution in [0.25, 0.3) is 22.0 Å². The minimum absolute atomic E-state index is 0.144. The van der Waals surface area contributed by atoms with Crippen molar-refractivity contribution >= 4 is 22.4 Å². The van der Waals surface area contributed by atoms with Gasteiger partial charge in [0.1, 0.15) is 5.75 Å². The third kappa shape index (κ3) is 6.25. The van der Waals surface area contributed by atoms with Crippen molar-refractivity contribution in [2.75, 3.05) is 32.6 Å². The Labute approximate surface area is 218 Å². The third-order valence-corrected chi connectivity index (χ3v) is 6.84. The number of carbonyl (C=O) groups excluding carboxylic acids is 1. The van der Waals surface area contributed by atoms with Crippen LogP contribution in [0.4, 0.5) is 5.69 Å². The van der Waals surface area contributed by atoms with E-state index in [1.54, 1.807) is 12.3 Å². The normalized spacial score (nSPS) is 17.3. The number of fused-ring (bicyclic) bond motifs is 1. The van der Waals surface area contributed by atoms with Gasteiger partial charge < -0.3 is 20.3 Å². The lowest BCUT2D eigenvalue weighted by Gasteiger charge is -2.32. The number of rotatable bonds is 9. The van der Waals surface area contributed by atoms with E-state index in [0.717, 1.165) is 47.7 Å². The van der Waals surface area contributed by atoms with Crippen LogP contribution in [0.15, 0.2) is 54.7 Å². The molecular weight excluding hydrogens is 464 g/mol. The molecule has 1 amide bonds. The van der Waals surface area contributed by atoms with Crippen molar-refractivity contribution < 1.29 is 9.53 Å². The molecule has 0 spiro atoms. The first-order chi connectivity index (χ1) is 17.9. The number of benzene rings is 2. The van der Waals surface area contributed by atoms with Gasteiger partial charge in [-0.3, -0.25) is 4.79 Å². The number of nitrogens with one attached hydrogen (secondary N) is 2. The molecule has 1 aromatic heterocycles. The SMILES string of the molecule is C=C(C#N)CNc1c(OCC)ccc2ccc(-c3ccnc(C(=O)N[C@H]4CC[C@H](N(C)C)CC4)n3)cc12. The highest BCUT2D eigenvalue weighted by Crippen LogP contribution is 2.36. The molecule has 8 heteroatoms. The molecule has 0 radical (unpaired) electrons. The summed E-state index contributed by atoms with van der Waals surface area (Å²) >= 11 is 0. The van der Waals surface area contributed by atoms with Gasteiger partial charge >= 0.3 is 0 Å². The van der Waals surface area contributed by atoms with Gasteiger partial charge in [0.2, 0.25) is 5.82 Å². The van der Waals surface area contributed by atoms with Crippen LogP contribution in [0.5, 0.6) is 5.75 Å². The van der Waals surface area contributed by atoms with E-state index in [9.17, 15) is 4.79 Å². The zero-order chi connectivity index (χ0) is 26.4. The molecule has 2 N–H and O–H groups in total. The van der Waals surface area contributed by atoms with Crippen molar-refractivity contribution in [1.29, 1.82) is 5.26 Å². The van der Waals surface area contributed by atoms with Crippen molar-refractivity contribution in [2.24, 2.45) is 0 Å². The number of nitrogens with zero attached hydrogens (tertiary/aromatic N) is 4. The van der Waals surface area contributed by atoms with Crippen LogP contribution in [0.2, 0.25) is 0 Å². The molecule has 192 valence electrons. The number of nitriles is 1. The number of aromatic nitrogens is 2. The first kappa shape index (κ1) is 26.1. The standard InChI is InChI=1S/C29H34N6O2/c1-5-37-26-13-8-20-6-7-21(16-24(20)27(26)32-18-19(2)17-30)25-14-15-31-28(34-25)29(36)33-22-9-11-23(12-10-22)35(3)4/h6-8,13-16,22-23,32H,2,5,9-12,18H2,1,3-4H3,(H,33,36)/t22-,23-. The Kier molecular flexibility index (Phi) is 8.36. The zero-order valence-electron chi connectivity index (χ0n) is 21.8. The largest absolute Gasteiger partial charge is 0.492 e. The summed E-state index contributed by atoms with van der Waals surface area (Å²) in [5, 5.41) is 17.5. The Hall–Kier alpha value is -3.96. The molecule has 0 unspecified atom stereocenters. The molecule has 0 bridgehead atoms. The van der Waals surface area contributed by atoms with Gasteiger partial charge in [-0.1, -0.05) is 24.8 Å². The lowest BCUT2D eigenvalue weighted by atomic mass is 9.90. The number of hydrogen-bond donors (Lipinski definition) is 2. The van der Waals surface area contributed by atoms with Gasteiger partial charge in [-0.05, 0) is 70.3 Å². The van der Waals surface area contributed by atoms with Crippen molar-refractivity contribution in [3.05, 3.63) is 60.6 Å². The zero-order valence-corrected chi connectivity index (χ0v) is 21.8. The number of hydrogen-bond acceptors (Lipinski definition) is 7. The van der Waals surface area contributed by atoms with Gasteiger partial charge in [0.05, 0.1) is 24.1 Å². The number of anilines is 1. The molecule has 37 heavy (non-hydrogen) atoms. The Morgan fingerprint density at radius 1 is 1.19 bits per heavy atom. The quantitative estimate of drug-likeness (QED) is 0.409. The summed E-state index contributed by atoms with van der Waals surface area (Å²) in [5.41, 5.74) is 2.73. The van der Waals surface area contributed by atoms with E-state index in [1.165, 1.54) is 0 Å². The first-order valence-electron chi connectivity index (χ1n) is 12.7. The van der Waals surface area contributed by atoms with E-state index in [2.05, 4.69) is 52.2 Å². The van der Waals surface area contributed by atoms with E-state index in [-0.39, 0.29) is 17.8 Å². The van der Waals surface area contributed by atoms with Crippen LogP contribution in [-0.4, -0.2) is 60.1 Å². The van der Waals surface area contributed by atoms with Crippen LogP contribution in [-0.2, 0) is 0 Å². The van der Waals surface area contributed by atoms with Crippen molar-refractivity contribution in [3.63, 3.8) is 0 Å². The van der Waals surface area contributed by atoms with Crippen molar-refractivity contribution in [3.8, 4) is 23.1 Å². The maximum atomic E-state index is 13.0. The molecule has 1 fully saturated rings. The van der Waals surface area contributed by atoms with E-state index >= 15 is 0 Å². The fraction of sp³-hybridized carbons (Fsp3) is 0.379. The van der Waals surface area contributed by atoms with Crippen LogP contribution < -0.4 is 15.4 Å². The van der Waals surface area contributed by atoms with E-state index < -0.39 is 0 Å². The summed E-state index contributed by atoms with van der Waals surface area (Å²) in [4.78, 5) is 24.1. The Morgan fingerprint density at radius 2 is 1.95 bits per heavy atom. The molecule has 0 saturated heterocycles. The molecule has 3 aromatic rings. The predicted octanol–water partition coefficient (Wildman–Crippen LogP) is 4.79.